The highest BCUT2D eigenvalue weighted by Crippen LogP contribution is 2.38. The van der Waals surface area contributed by atoms with Crippen LogP contribution in [0, 0.1) is 6.92 Å². The predicted octanol–water partition coefficient (Wildman–Crippen LogP) is 2.86. The first-order chi connectivity index (χ1) is 11.1. The van der Waals surface area contributed by atoms with Gasteiger partial charge < -0.3 is 9.23 Å². The average molecular weight is 303 g/mol. The van der Waals surface area contributed by atoms with E-state index in [9.17, 15) is 0 Å². The molecule has 1 aliphatic heterocycles. The highest BCUT2D eigenvalue weighted by molar-refractivity contribution is 6.82. The number of allylic oxidation sites excluding steroid dienone is 1. The number of aromatic nitrogens is 1. The second-order valence-corrected chi connectivity index (χ2v) is 6.46. The third-order valence-corrected chi connectivity index (χ3v) is 4.73. The summed E-state index contributed by atoms with van der Waals surface area (Å²) in [4.78, 5) is 2.33. The monoisotopic (exact) mass is 303 g/mol. The van der Waals surface area contributed by atoms with Gasteiger partial charge in [0.1, 0.15) is 18.4 Å². The highest BCUT2D eigenvalue weighted by Gasteiger charge is 2.38. The number of anilines is 1. The maximum Gasteiger partial charge on any atom is 0.399 e. The van der Waals surface area contributed by atoms with E-state index in [0.717, 1.165) is 11.3 Å². The van der Waals surface area contributed by atoms with Crippen molar-refractivity contribution in [3.05, 3.63) is 59.4 Å². The molecule has 114 valence electrons. The van der Waals surface area contributed by atoms with Crippen molar-refractivity contribution in [3.63, 3.8) is 0 Å². The Morgan fingerprint density at radius 1 is 1.09 bits per heavy atom. The summed E-state index contributed by atoms with van der Waals surface area (Å²) in [5, 5.41) is 1.17. The minimum absolute atomic E-state index is 0.217. The summed E-state index contributed by atoms with van der Waals surface area (Å²) in [7, 11) is 4.27. The molecule has 0 fully saturated rings. The number of rotatable bonds is 1. The van der Waals surface area contributed by atoms with Gasteiger partial charge in [0, 0.05) is 10.9 Å². The molecule has 1 aliphatic rings. The normalized spacial score (nSPS) is 14.2. The van der Waals surface area contributed by atoms with Crippen molar-refractivity contribution < 1.29 is 8.98 Å². The number of benzene rings is 1. The molecule has 0 N–H and O–H groups in total. The van der Waals surface area contributed by atoms with E-state index in [-0.39, 0.29) is 6.85 Å². The lowest BCUT2D eigenvalue weighted by molar-refractivity contribution is -0.654. The minimum atomic E-state index is 0.217. The zero-order chi connectivity index (χ0) is 16.1. The fourth-order valence-electron chi connectivity index (χ4n) is 3.71. The van der Waals surface area contributed by atoms with Gasteiger partial charge in [-0.2, -0.15) is 0 Å². The Labute approximate surface area is 136 Å². The largest absolute Gasteiger partial charge is 0.455 e. The Hall–Kier alpha value is -2.49. The number of furan rings is 1. The molecule has 4 heteroatoms. The molecule has 23 heavy (non-hydrogen) atoms. The minimum Gasteiger partial charge on any atom is -0.455 e. The summed E-state index contributed by atoms with van der Waals surface area (Å²) < 4.78 is 8.26. The van der Waals surface area contributed by atoms with Gasteiger partial charge >= 0.3 is 6.85 Å². The fourth-order valence-corrected chi connectivity index (χ4v) is 3.71. The predicted molar refractivity (Wildman–Crippen MR) is 96.0 cm³/mol. The van der Waals surface area contributed by atoms with Gasteiger partial charge in [0.2, 0.25) is 0 Å². The lowest BCUT2D eigenvalue weighted by Gasteiger charge is -2.29. The molecule has 0 saturated heterocycles. The molecule has 3 aromatic rings. The van der Waals surface area contributed by atoms with Crippen molar-refractivity contribution in [1.29, 1.82) is 0 Å². The van der Waals surface area contributed by atoms with Crippen molar-refractivity contribution in [2.75, 3.05) is 11.9 Å². The summed E-state index contributed by atoms with van der Waals surface area (Å²) in [6, 6.07) is 12.7. The molecular formula is C19H20BN2O+. The zero-order valence-corrected chi connectivity index (χ0v) is 14.0. The van der Waals surface area contributed by atoms with E-state index in [0.29, 0.717) is 0 Å². The molecule has 3 heterocycles. The van der Waals surface area contributed by atoms with Crippen LogP contribution in [-0.2, 0) is 7.05 Å². The smallest absolute Gasteiger partial charge is 0.399 e. The van der Waals surface area contributed by atoms with Gasteiger partial charge in [-0.25, -0.2) is 4.57 Å². The molecule has 0 atom stereocenters. The summed E-state index contributed by atoms with van der Waals surface area (Å²) in [5.74, 6) is 0.956. The van der Waals surface area contributed by atoms with Crippen LogP contribution in [0.5, 0.6) is 0 Å². The standard InChI is InChI=1S/C19H20BN2O/c1-13-9-10-18(21(3)12-13)20-14(2)11-17-19(22(20)4)15-7-5-6-8-16(15)23-17/h5-12H,1-4H3/q+1. The molecule has 0 bridgehead atoms. The van der Waals surface area contributed by atoms with Gasteiger partial charge in [-0.05, 0) is 51.2 Å². The molecule has 0 unspecified atom stereocenters. The van der Waals surface area contributed by atoms with Crippen LogP contribution in [0.25, 0.3) is 17.0 Å². The Kier molecular flexibility index (Phi) is 3.08. The number of pyridine rings is 1. The molecule has 3 nitrogen and oxygen atoms in total. The number of aryl methyl sites for hydroxylation is 2. The third-order valence-electron chi connectivity index (χ3n) is 4.73. The van der Waals surface area contributed by atoms with Crippen LogP contribution in [0.2, 0.25) is 0 Å². The van der Waals surface area contributed by atoms with Gasteiger partial charge in [-0.15, -0.1) is 0 Å². The third kappa shape index (κ3) is 2.09. The molecule has 0 aliphatic carbocycles. The first-order valence-corrected chi connectivity index (χ1v) is 7.95. The van der Waals surface area contributed by atoms with Crippen LogP contribution in [0.1, 0.15) is 18.2 Å². The lowest BCUT2D eigenvalue weighted by atomic mass is 9.49. The van der Waals surface area contributed by atoms with Crippen molar-refractivity contribution in [2.45, 2.75) is 13.8 Å². The number of nitrogens with zero attached hydrogens (tertiary/aromatic N) is 2. The van der Waals surface area contributed by atoms with Gasteiger partial charge in [-0.3, -0.25) is 0 Å². The SMILES string of the molecule is CC1=Cc2oc3ccccc3c2N(C)B1c1ccc(C)c[n+]1C. The topological polar surface area (TPSA) is 20.3 Å². The van der Waals surface area contributed by atoms with E-state index in [1.165, 1.54) is 27.7 Å². The van der Waals surface area contributed by atoms with E-state index in [4.69, 9.17) is 4.42 Å². The quantitative estimate of drug-likeness (QED) is 0.509. The van der Waals surface area contributed by atoms with Gasteiger partial charge in [0.05, 0.1) is 5.69 Å². The van der Waals surface area contributed by atoms with E-state index in [2.05, 4.69) is 73.9 Å². The average Bonchev–Trinajstić information content (AvgIpc) is 2.87. The maximum absolute atomic E-state index is 6.04. The summed E-state index contributed by atoms with van der Waals surface area (Å²) >= 11 is 0. The van der Waals surface area contributed by atoms with Gasteiger partial charge in [0.25, 0.3) is 0 Å². The summed E-state index contributed by atoms with van der Waals surface area (Å²) in [6.07, 6.45) is 4.36. The summed E-state index contributed by atoms with van der Waals surface area (Å²) in [6.45, 7) is 4.52. The molecule has 2 aromatic heterocycles. The summed E-state index contributed by atoms with van der Waals surface area (Å²) in [5.41, 5.74) is 5.96. The second kappa shape index (κ2) is 5.02. The Bertz CT molecular complexity index is 942. The van der Waals surface area contributed by atoms with Crippen LogP contribution >= 0.6 is 0 Å². The van der Waals surface area contributed by atoms with Crippen molar-refractivity contribution in [2.24, 2.45) is 7.05 Å². The number of para-hydroxylation sites is 1. The van der Waals surface area contributed by atoms with Crippen LogP contribution < -0.4 is 15.0 Å². The molecule has 0 radical (unpaired) electrons. The van der Waals surface area contributed by atoms with Crippen LogP contribution in [-0.4, -0.2) is 13.9 Å². The van der Waals surface area contributed by atoms with E-state index in [1.54, 1.807) is 0 Å². The lowest BCUT2D eigenvalue weighted by Crippen LogP contribution is -2.62. The van der Waals surface area contributed by atoms with Gasteiger partial charge in [-0.1, -0.05) is 17.6 Å². The Morgan fingerprint density at radius 2 is 1.87 bits per heavy atom. The van der Waals surface area contributed by atoms with Crippen molar-refractivity contribution >= 4 is 35.2 Å². The van der Waals surface area contributed by atoms with Crippen molar-refractivity contribution in [1.82, 2.24) is 0 Å². The zero-order valence-electron chi connectivity index (χ0n) is 14.0. The van der Waals surface area contributed by atoms with Gasteiger partial charge in [0.15, 0.2) is 11.8 Å². The van der Waals surface area contributed by atoms with Crippen LogP contribution in [0.3, 0.4) is 0 Å². The molecule has 0 spiro atoms. The van der Waals surface area contributed by atoms with Crippen LogP contribution in [0.15, 0.2) is 52.5 Å². The van der Waals surface area contributed by atoms with E-state index in [1.807, 2.05) is 12.1 Å². The second-order valence-electron chi connectivity index (χ2n) is 6.46. The first-order valence-electron chi connectivity index (χ1n) is 7.95. The Morgan fingerprint density at radius 3 is 2.65 bits per heavy atom. The molecule has 0 saturated carbocycles. The van der Waals surface area contributed by atoms with E-state index < -0.39 is 0 Å². The Balaban J connectivity index is 1.91. The highest BCUT2D eigenvalue weighted by atomic mass is 16.3. The number of fused-ring (bicyclic) bond motifs is 3. The number of hydrogen-bond donors (Lipinski definition) is 0. The fraction of sp³-hybridized carbons (Fsp3) is 0.211. The first kappa shape index (κ1) is 14.1. The van der Waals surface area contributed by atoms with E-state index >= 15 is 0 Å². The number of hydrogen-bond acceptors (Lipinski definition) is 2. The van der Waals surface area contributed by atoms with Crippen LogP contribution in [0.4, 0.5) is 5.69 Å². The molecule has 4 rings (SSSR count). The maximum atomic E-state index is 6.04. The molecular weight excluding hydrogens is 283 g/mol. The molecule has 0 amide bonds. The van der Waals surface area contributed by atoms with Crippen molar-refractivity contribution in [3.8, 4) is 0 Å². The molecule has 1 aromatic carbocycles.